The molecule has 2 aromatic carbocycles. The monoisotopic (exact) mass is 460 g/mol. The molecule has 0 aliphatic carbocycles. The van der Waals surface area contributed by atoms with Crippen LogP contribution in [0.4, 0.5) is 10.1 Å². The minimum atomic E-state index is -0.631. The predicted octanol–water partition coefficient (Wildman–Crippen LogP) is 4.99. The summed E-state index contributed by atoms with van der Waals surface area (Å²) in [4.78, 5) is 3.35. The van der Waals surface area contributed by atoms with Gasteiger partial charge in [0.1, 0.15) is 24.3 Å². The number of nitrogens with zero attached hydrogens (tertiary/aromatic N) is 1. The summed E-state index contributed by atoms with van der Waals surface area (Å²) in [6.45, 7) is 4.30. The molecule has 0 radical (unpaired) electrons. The Bertz CT molecular complexity index is 1010. The molecular weight excluding hydrogens is 435 g/mol. The third kappa shape index (κ3) is 5.39. The molecule has 0 spiro atoms. The minimum absolute atomic E-state index is 0.142. The van der Waals surface area contributed by atoms with Crippen molar-refractivity contribution in [2.45, 2.75) is 25.5 Å². The van der Waals surface area contributed by atoms with E-state index in [1.54, 1.807) is 17.4 Å². The number of hydrogen-bond donors (Lipinski definition) is 2. The van der Waals surface area contributed by atoms with Crippen LogP contribution in [0.5, 0.6) is 5.75 Å². The summed E-state index contributed by atoms with van der Waals surface area (Å²) >= 11 is 7.62. The highest BCUT2D eigenvalue weighted by Gasteiger charge is 2.23. The van der Waals surface area contributed by atoms with Crippen LogP contribution in [0.15, 0.2) is 53.9 Å². The molecule has 2 N–H and O–H groups in total. The summed E-state index contributed by atoms with van der Waals surface area (Å²) in [5.41, 5.74) is 3.02. The first kappa shape index (κ1) is 22.1. The Morgan fingerprint density at radius 3 is 2.90 bits per heavy atom. The number of hydrogen-bond acceptors (Lipinski definition) is 5. The van der Waals surface area contributed by atoms with Crippen molar-refractivity contribution in [1.82, 2.24) is 5.32 Å². The van der Waals surface area contributed by atoms with E-state index in [0.717, 1.165) is 47.0 Å². The third-order valence-corrected chi connectivity index (χ3v) is 6.61. The van der Waals surface area contributed by atoms with Crippen molar-refractivity contribution < 1.29 is 14.2 Å². The molecule has 0 saturated heterocycles. The standard InChI is InChI=1S/C24H26ClFN2O2S/c1-16(14-28-9-8-17-11-21(26)20(25)12-22(17)28)27-13-18(29)15-30-23-6-3-2-5-19(23)24-7-4-10-31-24/h2-7,10-12,16,18,27,29H,8-9,13-15H2,1H3/t16-,18-/m0/s1. The Balaban J connectivity index is 1.26. The Labute approximate surface area is 191 Å². The van der Waals surface area contributed by atoms with Gasteiger partial charge in [-0.2, -0.15) is 0 Å². The summed E-state index contributed by atoms with van der Waals surface area (Å²) in [7, 11) is 0. The molecule has 0 bridgehead atoms. The van der Waals surface area contributed by atoms with Crippen molar-refractivity contribution in [3.63, 3.8) is 0 Å². The molecule has 0 saturated carbocycles. The summed E-state index contributed by atoms with van der Waals surface area (Å²) in [5, 5.41) is 16.0. The number of fused-ring (bicyclic) bond motifs is 1. The quantitative estimate of drug-likeness (QED) is 0.472. The fourth-order valence-electron chi connectivity index (χ4n) is 3.84. The van der Waals surface area contributed by atoms with E-state index in [1.807, 2.05) is 35.7 Å². The van der Waals surface area contributed by atoms with Gasteiger partial charge >= 0.3 is 0 Å². The first-order valence-corrected chi connectivity index (χ1v) is 11.7. The highest BCUT2D eigenvalue weighted by atomic mass is 35.5. The first-order valence-electron chi connectivity index (χ1n) is 10.4. The minimum Gasteiger partial charge on any atom is -0.490 e. The zero-order valence-corrected chi connectivity index (χ0v) is 18.9. The van der Waals surface area contributed by atoms with Gasteiger partial charge in [0, 0.05) is 41.8 Å². The SMILES string of the molecule is C[C@@H](CN1CCc2cc(F)c(Cl)cc21)NC[C@H](O)COc1ccccc1-c1cccs1. The van der Waals surface area contributed by atoms with Crippen molar-refractivity contribution >= 4 is 28.6 Å². The number of ether oxygens (including phenoxy) is 1. The van der Waals surface area contributed by atoms with Crippen LogP contribution < -0.4 is 15.0 Å². The molecule has 31 heavy (non-hydrogen) atoms. The fraction of sp³-hybridized carbons (Fsp3) is 0.333. The second-order valence-electron chi connectivity index (χ2n) is 7.84. The molecule has 4 rings (SSSR count). The van der Waals surface area contributed by atoms with Crippen LogP contribution >= 0.6 is 22.9 Å². The van der Waals surface area contributed by atoms with E-state index >= 15 is 0 Å². The molecular formula is C24H26ClFN2O2S. The molecule has 164 valence electrons. The second-order valence-corrected chi connectivity index (χ2v) is 9.19. The molecule has 2 atom stereocenters. The van der Waals surface area contributed by atoms with Crippen molar-refractivity contribution in [1.29, 1.82) is 0 Å². The summed E-state index contributed by atoms with van der Waals surface area (Å²) in [5.74, 6) is 0.409. The maximum atomic E-state index is 13.7. The van der Waals surface area contributed by atoms with Gasteiger partial charge in [0.25, 0.3) is 0 Å². The number of rotatable bonds is 9. The van der Waals surface area contributed by atoms with Gasteiger partial charge in [0.2, 0.25) is 0 Å². The van der Waals surface area contributed by atoms with Crippen LogP contribution in [0.25, 0.3) is 10.4 Å². The van der Waals surface area contributed by atoms with E-state index < -0.39 is 6.10 Å². The van der Waals surface area contributed by atoms with Gasteiger partial charge in [0.05, 0.1) is 5.02 Å². The molecule has 1 aliphatic rings. The average Bonchev–Trinajstić information content (AvgIpc) is 3.42. The van der Waals surface area contributed by atoms with Crippen LogP contribution in [-0.2, 0) is 6.42 Å². The summed E-state index contributed by atoms with van der Waals surface area (Å²) in [6, 6.07) is 15.3. The maximum absolute atomic E-state index is 13.7. The summed E-state index contributed by atoms with van der Waals surface area (Å²) in [6.07, 6.45) is 0.184. The molecule has 0 amide bonds. The van der Waals surface area contributed by atoms with Gasteiger partial charge in [-0.1, -0.05) is 29.8 Å². The lowest BCUT2D eigenvalue weighted by Gasteiger charge is -2.25. The first-order chi connectivity index (χ1) is 15.0. The molecule has 7 heteroatoms. The van der Waals surface area contributed by atoms with E-state index in [2.05, 4.69) is 23.2 Å². The van der Waals surface area contributed by atoms with Gasteiger partial charge in [-0.25, -0.2) is 4.39 Å². The van der Waals surface area contributed by atoms with Crippen LogP contribution in [-0.4, -0.2) is 43.5 Å². The lowest BCUT2D eigenvalue weighted by molar-refractivity contribution is 0.104. The number of aliphatic hydroxyl groups excluding tert-OH is 1. The van der Waals surface area contributed by atoms with Gasteiger partial charge in [-0.05, 0) is 54.6 Å². The number of halogens is 2. The van der Waals surface area contributed by atoms with Gasteiger partial charge < -0.3 is 20.1 Å². The predicted molar refractivity (Wildman–Crippen MR) is 126 cm³/mol. The second kappa shape index (κ2) is 10.0. The van der Waals surface area contributed by atoms with Crippen molar-refractivity contribution in [2.75, 3.05) is 31.1 Å². The topological polar surface area (TPSA) is 44.7 Å². The van der Waals surface area contributed by atoms with Crippen LogP contribution in [0, 0.1) is 5.82 Å². The fourth-order valence-corrected chi connectivity index (χ4v) is 4.76. The van der Waals surface area contributed by atoms with E-state index in [9.17, 15) is 9.50 Å². The zero-order valence-electron chi connectivity index (χ0n) is 17.4. The Hall–Kier alpha value is -2.12. The van der Waals surface area contributed by atoms with Gasteiger partial charge in [-0.3, -0.25) is 0 Å². The largest absolute Gasteiger partial charge is 0.490 e. The summed E-state index contributed by atoms with van der Waals surface area (Å²) < 4.78 is 19.6. The highest BCUT2D eigenvalue weighted by Crippen LogP contribution is 2.33. The number of aliphatic hydroxyl groups is 1. The molecule has 3 aromatic rings. The number of thiophene rings is 1. The normalized spacial score (nSPS) is 15.0. The maximum Gasteiger partial charge on any atom is 0.142 e. The lowest BCUT2D eigenvalue weighted by Crippen LogP contribution is -2.42. The number of anilines is 1. The van der Waals surface area contributed by atoms with Gasteiger partial charge in [0.15, 0.2) is 0 Å². The molecule has 4 nitrogen and oxygen atoms in total. The zero-order chi connectivity index (χ0) is 21.8. The van der Waals surface area contributed by atoms with E-state index in [4.69, 9.17) is 16.3 Å². The molecule has 0 unspecified atom stereocenters. The third-order valence-electron chi connectivity index (χ3n) is 5.41. The van der Waals surface area contributed by atoms with Crippen LogP contribution in [0.1, 0.15) is 12.5 Å². The van der Waals surface area contributed by atoms with Crippen molar-refractivity contribution in [2.24, 2.45) is 0 Å². The Kier molecular flexibility index (Phi) is 7.13. The Morgan fingerprint density at radius 1 is 1.26 bits per heavy atom. The number of nitrogens with one attached hydrogen (secondary N) is 1. The molecule has 2 heterocycles. The van der Waals surface area contributed by atoms with E-state index in [-0.39, 0.29) is 23.5 Å². The van der Waals surface area contributed by atoms with Crippen molar-refractivity contribution in [3.05, 3.63) is 70.3 Å². The van der Waals surface area contributed by atoms with Crippen LogP contribution in [0.3, 0.4) is 0 Å². The van der Waals surface area contributed by atoms with E-state index in [1.165, 1.54) is 6.07 Å². The molecule has 0 fully saturated rings. The molecule has 1 aliphatic heterocycles. The van der Waals surface area contributed by atoms with Crippen molar-refractivity contribution in [3.8, 4) is 16.2 Å². The Morgan fingerprint density at radius 2 is 2.10 bits per heavy atom. The van der Waals surface area contributed by atoms with Crippen LogP contribution in [0.2, 0.25) is 5.02 Å². The number of para-hydroxylation sites is 1. The average molecular weight is 461 g/mol. The number of benzene rings is 2. The lowest BCUT2D eigenvalue weighted by atomic mass is 10.1. The molecule has 1 aromatic heterocycles. The van der Waals surface area contributed by atoms with E-state index in [0.29, 0.717) is 6.54 Å². The van der Waals surface area contributed by atoms with Gasteiger partial charge in [-0.15, -0.1) is 11.3 Å². The highest BCUT2D eigenvalue weighted by molar-refractivity contribution is 7.13. The smallest absolute Gasteiger partial charge is 0.142 e.